The Kier molecular flexibility index (Phi) is 7.00. The van der Waals surface area contributed by atoms with Crippen LogP contribution in [0.3, 0.4) is 0 Å². The number of amides is 1. The summed E-state index contributed by atoms with van der Waals surface area (Å²) < 4.78 is 6.49. The van der Waals surface area contributed by atoms with Gasteiger partial charge in [-0.15, -0.1) is 0 Å². The van der Waals surface area contributed by atoms with Gasteiger partial charge in [0.25, 0.3) is 0 Å². The minimum Gasteiger partial charge on any atom is -0.467 e. The van der Waals surface area contributed by atoms with Crippen LogP contribution in [0.15, 0.2) is 37.2 Å². The standard InChI is InChI=1S/C23H22ClN11O3/c1-38-22-27-8-16(9-28-22)34-12-17(10-30-34)35(23(36)37)15-4-2-14(3-5-15)31-21-26-7-13(6-25)19(32-21)20-18(24)11-29-33-20/h7-12,14-15H,2-5H2,1H3,(H,29,33)(H,36,37)(H,26,31,32). The van der Waals surface area contributed by atoms with E-state index in [-0.39, 0.29) is 23.7 Å². The minimum atomic E-state index is -1.05. The van der Waals surface area contributed by atoms with Crippen molar-refractivity contribution in [2.75, 3.05) is 17.3 Å². The van der Waals surface area contributed by atoms with Gasteiger partial charge in [-0.25, -0.2) is 29.4 Å². The van der Waals surface area contributed by atoms with Crippen LogP contribution in [0.5, 0.6) is 6.01 Å². The van der Waals surface area contributed by atoms with Crippen LogP contribution in [0.2, 0.25) is 5.02 Å². The van der Waals surface area contributed by atoms with E-state index in [1.165, 1.54) is 35.3 Å². The largest absolute Gasteiger partial charge is 0.467 e. The highest BCUT2D eigenvalue weighted by atomic mass is 35.5. The molecule has 3 N–H and O–H groups in total. The summed E-state index contributed by atoms with van der Waals surface area (Å²) in [5.74, 6) is 0.353. The topological polar surface area (TPSA) is 184 Å². The molecule has 1 fully saturated rings. The number of anilines is 2. The number of hydrogen-bond donors (Lipinski definition) is 3. The number of nitrogens with zero attached hydrogens (tertiary/aromatic N) is 9. The van der Waals surface area contributed by atoms with E-state index in [4.69, 9.17) is 16.3 Å². The molecule has 15 heteroatoms. The van der Waals surface area contributed by atoms with E-state index >= 15 is 0 Å². The number of H-pyrrole nitrogens is 1. The first kappa shape index (κ1) is 24.9. The van der Waals surface area contributed by atoms with Crippen LogP contribution in [0.25, 0.3) is 17.1 Å². The van der Waals surface area contributed by atoms with Crippen LogP contribution in [0.4, 0.5) is 16.4 Å². The SMILES string of the molecule is COc1ncc(-n2cc(N(C(=O)O)C3CCC(Nc4ncc(C#N)c(-c5[nH]ncc5Cl)n4)CC3)cn2)cn1. The number of halogens is 1. The lowest BCUT2D eigenvalue weighted by molar-refractivity contribution is 0.196. The van der Waals surface area contributed by atoms with Crippen LogP contribution < -0.4 is 15.0 Å². The highest BCUT2D eigenvalue weighted by Crippen LogP contribution is 2.31. The van der Waals surface area contributed by atoms with E-state index in [9.17, 15) is 15.2 Å². The maximum atomic E-state index is 12.2. The first-order chi connectivity index (χ1) is 18.5. The predicted molar refractivity (Wildman–Crippen MR) is 135 cm³/mol. The zero-order valence-electron chi connectivity index (χ0n) is 20.1. The molecule has 4 aromatic heterocycles. The molecule has 0 aromatic carbocycles. The third-order valence-electron chi connectivity index (χ3n) is 6.25. The molecule has 38 heavy (non-hydrogen) atoms. The van der Waals surface area contributed by atoms with E-state index in [1.54, 1.807) is 18.6 Å². The van der Waals surface area contributed by atoms with E-state index in [0.29, 0.717) is 59.4 Å². The average Bonchev–Trinajstić information content (AvgIpc) is 3.59. The lowest BCUT2D eigenvalue weighted by atomic mass is 9.90. The van der Waals surface area contributed by atoms with E-state index in [2.05, 4.69) is 46.6 Å². The number of hydrogen-bond acceptors (Lipinski definition) is 10. The van der Waals surface area contributed by atoms with Crippen LogP contribution in [0, 0.1) is 11.3 Å². The molecular formula is C23H22ClN11O3. The molecule has 14 nitrogen and oxygen atoms in total. The zero-order chi connectivity index (χ0) is 26.6. The molecule has 0 bridgehead atoms. The maximum Gasteiger partial charge on any atom is 0.412 e. The van der Waals surface area contributed by atoms with Gasteiger partial charge in [-0.1, -0.05) is 11.6 Å². The Morgan fingerprint density at radius 1 is 1.21 bits per heavy atom. The van der Waals surface area contributed by atoms with Crippen LogP contribution in [-0.4, -0.2) is 70.3 Å². The Morgan fingerprint density at radius 2 is 1.97 bits per heavy atom. The van der Waals surface area contributed by atoms with Crippen LogP contribution >= 0.6 is 11.6 Å². The number of nitrogens with one attached hydrogen (secondary N) is 2. The third kappa shape index (κ3) is 5.04. The molecule has 4 aromatic rings. The number of aromatic amines is 1. The second-order valence-corrected chi connectivity index (χ2v) is 8.94. The summed E-state index contributed by atoms with van der Waals surface area (Å²) in [4.78, 5) is 30.4. The summed E-state index contributed by atoms with van der Waals surface area (Å²) in [6.45, 7) is 0. The van der Waals surface area contributed by atoms with Crippen molar-refractivity contribution in [1.82, 2.24) is 39.9 Å². The molecule has 0 aliphatic heterocycles. The van der Waals surface area contributed by atoms with Gasteiger partial charge in [0.2, 0.25) is 5.95 Å². The summed E-state index contributed by atoms with van der Waals surface area (Å²) in [5.41, 5.74) is 2.10. The molecule has 0 unspecified atom stereocenters. The van der Waals surface area contributed by atoms with Crippen molar-refractivity contribution in [2.24, 2.45) is 0 Å². The molecule has 4 heterocycles. The normalized spacial score (nSPS) is 17.0. The number of methoxy groups -OCH3 is 1. The fourth-order valence-electron chi connectivity index (χ4n) is 4.41. The number of carboxylic acid groups (broad SMARTS) is 1. The first-order valence-corrected chi connectivity index (χ1v) is 12.0. The zero-order valence-corrected chi connectivity index (χ0v) is 20.9. The molecule has 0 saturated heterocycles. The van der Waals surface area contributed by atoms with Crippen molar-refractivity contribution >= 4 is 29.3 Å². The average molecular weight is 536 g/mol. The first-order valence-electron chi connectivity index (χ1n) is 11.6. The predicted octanol–water partition coefficient (Wildman–Crippen LogP) is 3.28. The van der Waals surface area contributed by atoms with Crippen LogP contribution in [-0.2, 0) is 0 Å². The Bertz CT molecular complexity index is 1470. The van der Waals surface area contributed by atoms with Crippen molar-refractivity contribution in [3.05, 3.63) is 47.8 Å². The summed E-state index contributed by atoms with van der Waals surface area (Å²) in [5, 5.41) is 34.0. The summed E-state index contributed by atoms with van der Waals surface area (Å²) >= 11 is 6.16. The second-order valence-electron chi connectivity index (χ2n) is 8.53. The van der Waals surface area contributed by atoms with Gasteiger partial charge >= 0.3 is 12.1 Å². The molecule has 0 spiro atoms. The van der Waals surface area contributed by atoms with Gasteiger partial charge in [-0.2, -0.15) is 15.5 Å². The summed E-state index contributed by atoms with van der Waals surface area (Å²) in [6.07, 6.45) is 10.7. The number of ether oxygens (including phenoxy) is 1. The van der Waals surface area contributed by atoms with Crippen LogP contribution in [0.1, 0.15) is 31.2 Å². The molecule has 0 atom stereocenters. The lowest BCUT2D eigenvalue weighted by Crippen LogP contribution is -2.43. The number of carbonyl (C=O) groups is 1. The van der Waals surface area contributed by atoms with Gasteiger partial charge < -0.3 is 15.2 Å². The number of rotatable bonds is 7. The van der Waals surface area contributed by atoms with Gasteiger partial charge in [0.1, 0.15) is 23.1 Å². The Hall–Kier alpha value is -4.77. The van der Waals surface area contributed by atoms with Gasteiger partial charge in [0.15, 0.2) is 0 Å². The van der Waals surface area contributed by atoms with E-state index in [1.807, 2.05) is 0 Å². The van der Waals surface area contributed by atoms with Gasteiger partial charge in [-0.3, -0.25) is 10.00 Å². The van der Waals surface area contributed by atoms with Gasteiger partial charge in [0.05, 0.1) is 60.6 Å². The highest BCUT2D eigenvalue weighted by Gasteiger charge is 2.31. The smallest absolute Gasteiger partial charge is 0.412 e. The van der Waals surface area contributed by atoms with Crippen molar-refractivity contribution in [3.8, 4) is 29.2 Å². The molecule has 1 amide bonds. The second kappa shape index (κ2) is 10.7. The van der Waals surface area contributed by atoms with E-state index in [0.717, 1.165) is 0 Å². The van der Waals surface area contributed by atoms with E-state index < -0.39 is 6.09 Å². The molecule has 1 aliphatic carbocycles. The minimum absolute atomic E-state index is 0.0269. The molecular weight excluding hydrogens is 514 g/mol. The third-order valence-corrected chi connectivity index (χ3v) is 6.54. The Balaban J connectivity index is 1.26. The fraction of sp³-hybridized carbons (Fsp3) is 0.304. The highest BCUT2D eigenvalue weighted by molar-refractivity contribution is 6.32. The monoisotopic (exact) mass is 535 g/mol. The Morgan fingerprint density at radius 3 is 2.61 bits per heavy atom. The molecule has 5 rings (SSSR count). The lowest BCUT2D eigenvalue weighted by Gasteiger charge is -2.34. The van der Waals surface area contributed by atoms with Crippen molar-refractivity contribution < 1.29 is 14.6 Å². The molecule has 1 aliphatic rings. The quantitative estimate of drug-likeness (QED) is 0.315. The number of nitriles is 1. The maximum absolute atomic E-state index is 12.2. The summed E-state index contributed by atoms with van der Waals surface area (Å²) in [7, 11) is 1.47. The summed E-state index contributed by atoms with van der Waals surface area (Å²) in [6, 6.07) is 2.09. The molecule has 194 valence electrons. The van der Waals surface area contributed by atoms with Crippen molar-refractivity contribution in [2.45, 2.75) is 37.8 Å². The van der Waals surface area contributed by atoms with Gasteiger partial charge in [0, 0.05) is 12.1 Å². The van der Waals surface area contributed by atoms with Gasteiger partial charge in [-0.05, 0) is 25.7 Å². The molecule has 0 radical (unpaired) electrons. The Labute approximate surface area is 221 Å². The fourth-order valence-corrected chi connectivity index (χ4v) is 4.59. The molecule has 1 saturated carbocycles. The van der Waals surface area contributed by atoms with Crippen molar-refractivity contribution in [1.29, 1.82) is 5.26 Å². The van der Waals surface area contributed by atoms with Crippen molar-refractivity contribution in [3.63, 3.8) is 0 Å². The number of aromatic nitrogens is 8.